The first-order valence-corrected chi connectivity index (χ1v) is 7.08. The first kappa shape index (κ1) is 14.6. The molecule has 0 amide bonds. The molecule has 1 aromatic heterocycles. The first-order chi connectivity index (χ1) is 8.94. The topological polar surface area (TPSA) is 37.6 Å². The van der Waals surface area contributed by atoms with Crippen molar-refractivity contribution >= 4 is 0 Å². The van der Waals surface area contributed by atoms with Gasteiger partial charge in [0, 0.05) is 18.1 Å². The maximum atomic E-state index is 5.89. The van der Waals surface area contributed by atoms with Crippen molar-refractivity contribution in [1.29, 1.82) is 0 Å². The highest BCUT2D eigenvalue weighted by Gasteiger charge is 2.20. The van der Waals surface area contributed by atoms with E-state index in [9.17, 15) is 0 Å². The Morgan fingerprint density at radius 1 is 1.32 bits per heavy atom. The zero-order chi connectivity index (χ0) is 13.9. The van der Waals surface area contributed by atoms with Gasteiger partial charge in [-0.3, -0.25) is 4.90 Å². The zero-order valence-corrected chi connectivity index (χ0v) is 12.5. The van der Waals surface area contributed by atoms with Gasteiger partial charge >= 0.3 is 0 Å². The van der Waals surface area contributed by atoms with E-state index in [1.54, 1.807) is 0 Å². The molecule has 0 aliphatic carbocycles. The average Bonchev–Trinajstić information content (AvgIpc) is 2.77. The third-order valence-corrected chi connectivity index (χ3v) is 3.37. The molecule has 4 heteroatoms. The van der Waals surface area contributed by atoms with Crippen LogP contribution >= 0.6 is 0 Å². The Hall–Kier alpha value is -0.840. The van der Waals surface area contributed by atoms with Crippen molar-refractivity contribution in [3.63, 3.8) is 0 Å². The van der Waals surface area contributed by atoms with Gasteiger partial charge in [0.05, 0.1) is 26.3 Å². The van der Waals surface area contributed by atoms with Gasteiger partial charge in [-0.25, -0.2) is 0 Å². The van der Waals surface area contributed by atoms with Crippen LogP contribution in [0.15, 0.2) is 16.5 Å². The summed E-state index contributed by atoms with van der Waals surface area (Å²) in [5.74, 6) is 2.05. The predicted molar refractivity (Wildman–Crippen MR) is 76.0 cm³/mol. The lowest BCUT2D eigenvalue weighted by Gasteiger charge is -2.32. The number of ether oxygens (including phenoxy) is 1. The van der Waals surface area contributed by atoms with Crippen LogP contribution in [0.3, 0.4) is 0 Å². The number of rotatable bonds is 4. The molecule has 0 spiro atoms. The molecule has 1 fully saturated rings. The molecule has 1 unspecified atom stereocenters. The molecule has 4 nitrogen and oxygen atoms in total. The summed E-state index contributed by atoms with van der Waals surface area (Å²) in [5.41, 5.74) is 0.117. The zero-order valence-electron chi connectivity index (χ0n) is 12.5. The van der Waals surface area contributed by atoms with E-state index in [2.05, 4.69) is 50.0 Å². The van der Waals surface area contributed by atoms with Gasteiger partial charge < -0.3 is 14.5 Å². The Morgan fingerprint density at radius 2 is 2.05 bits per heavy atom. The molecule has 1 saturated heterocycles. The van der Waals surface area contributed by atoms with Gasteiger partial charge in [-0.1, -0.05) is 0 Å². The van der Waals surface area contributed by atoms with E-state index in [0.29, 0.717) is 6.04 Å². The number of morpholine rings is 1. The van der Waals surface area contributed by atoms with E-state index < -0.39 is 0 Å². The molecule has 0 bridgehead atoms. The normalized spacial score (nSPS) is 21.8. The van der Waals surface area contributed by atoms with Gasteiger partial charge in [0.2, 0.25) is 0 Å². The molecule has 2 rings (SSSR count). The van der Waals surface area contributed by atoms with Crippen molar-refractivity contribution in [2.24, 2.45) is 0 Å². The highest BCUT2D eigenvalue weighted by molar-refractivity contribution is 5.07. The van der Waals surface area contributed by atoms with Crippen LogP contribution in [0, 0.1) is 0 Å². The van der Waals surface area contributed by atoms with Crippen LogP contribution in [-0.2, 0) is 17.8 Å². The van der Waals surface area contributed by atoms with E-state index in [1.807, 2.05) is 0 Å². The molecular weight excluding hydrogens is 240 g/mol. The monoisotopic (exact) mass is 266 g/mol. The molecule has 108 valence electrons. The van der Waals surface area contributed by atoms with Crippen molar-refractivity contribution in [3.8, 4) is 0 Å². The molecule has 0 saturated carbocycles. The van der Waals surface area contributed by atoms with Gasteiger partial charge in [-0.15, -0.1) is 0 Å². The highest BCUT2D eigenvalue weighted by atomic mass is 16.5. The second kappa shape index (κ2) is 6.07. The molecule has 1 N–H and O–H groups in total. The Morgan fingerprint density at radius 3 is 2.74 bits per heavy atom. The van der Waals surface area contributed by atoms with Gasteiger partial charge in [0.1, 0.15) is 11.5 Å². The minimum atomic E-state index is 0.117. The highest BCUT2D eigenvalue weighted by Crippen LogP contribution is 2.15. The lowest BCUT2D eigenvalue weighted by atomic mass is 10.1. The van der Waals surface area contributed by atoms with Crippen LogP contribution in [0.1, 0.15) is 39.2 Å². The van der Waals surface area contributed by atoms with Crippen LogP contribution in [-0.4, -0.2) is 36.2 Å². The average molecular weight is 266 g/mol. The Balaban J connectivity index is 1.86. The summed E-state index contributed by atoms with van der Waals surface area (Å²) in [6, 6.07) is 4.62. The summed E-state index contributed by atoms with van der Waals surface area (Å²) in [4.78, 5) is 2.41. The quantitative estimate of drug-likeness (QED) is 0.908. The van der Waals surface area contributed by atoms with E-state index in [0.717, 1.165) is 44.4 Å². The first-order valence-electron chi connectivity index (χ1n) is 7.08. The lowest BCUT2D eigenvalue weighted by Crippen LogP contribution is -2.42. The predicted octanol–water partition coefficient (Wildman–Crippen LogP) is 2.39. The summed E-state index contributed by atoms with van der Waals surface area (Å²) >= 11 is 0. The molecule has 1 atom stereocenters. The van der Waals surface area contributed by atoms with Crippen molar-refractivity contribution in [2.45, 2.75) is 52.4 Å². The third kappa shape index (κ3) is 4.64. The minimum absolute atomic E-state index is 0.117. The molecule has 2 heterocycles. The Labute approximate surface area is 116 Å². The van der Waals surface area contributed by atoms with Crippen LogP contribution in [0.25, 0.3) is 0 Å². The van der Waals surface area contributed by atoms with Crippen molar-refractivity contribution in [3.05, 3.63) is 23.7 Å². The molecule has 1 aliphatic rings. The fraction of sp³-hybridized carbons (Fsp3) is 0.733. The molecule has 1 aromatic rings. The Kier molecular flexibility index (Phi) is 4.66. The standard InChI is InChI=1S/C15H26N2O2/c1-12-11-18-8-7-17(12)10-14-6-5-13(19-14)9-16-15(2,3)4/h5-6,12,16H,7-11H2,1-4H3. The smallest absolute Gasteiger partial charge is 0.118 e. The van der Waals surface area contributed by atoms with Gasteiger partial charge in [0.15, 0.2) is 0 Å². The summed E-state index contributed by atoms with van der Waals surface area (Å²) < 4.78 is 11.3. The number of nitrogens with zero attached hydrogens (tertiary/aromatic N) is 1. The third-order valence-electron chi connectivity index (χ3n) is 3.37. The van der Waals surface area contributed by atoms with Gasteiger partial charge in [0.25, 0.3) is 0 Å². The molecule has 0 radical (unpaired) electrons. The van der Waals surface area contributed by atoms with Gasteiger partial charge in [-0.05, 0) is 39.8 Å². The van der Waals surface area contributed by atoms with E-state index in [1.165, 1.54) is 0 Å². The second-order valence-electron chi connectivity index (χ2n) is 6.37. The Bertz CT molecular complexity index is 395. The molecule has 0 aromatic carbocycles. The fourth-order valence-electron chi connectivity index (χ4n) is 2.15. The van der Waals surface area contributed by atoms with Gasteiger partial charge in [-0.2, -0.15) is 0 Å². The lowest BCUT2D eigenvalue weighted by molar-refractivity contribution is -0.00723. The second-order valence-corrected chi connectivity index (χ2v) is 6.37. The number of furan rings is 1. The van der Waals surface area contributed by atoms with Crippen molar-refractivity contribution in [2.75, 3.05) is 19.8 Å². The number of hydrogen-bond acceptors (Lipinski definition) is 4. The fourth-order valence-corrected chi connectivity index (χ4v) is 2.15. The van der Waals surface area contributed by atoms with Crippen molar-refractivity contribution in [1.82, 2.24) is 10.2 Å². The maximum absolute atomic E-state index is 5.89. The molecule has 1 aliphatic heterocycles. The van der Waals surface area contributed by atoms with Crippen LogP contribution in [0.2, 0.25) is 0 Å². The van der Waals surface area contributed by atoms with Crippen LogP contribution in [0.4, 0.5) is 0 Å². The van der Waals surface area contributed by atoms with E-state index >= 15 is 0 Å². The maximum Gasteiger partial charge on any atom is 0.118 e. The summed E-state index contributed by atoms with van der Waals surface area (Å²) in [7, 11) is 0. The van der Waals surface area contributed by atoms with Crippen LogP contribution in [0.5, 0.6) is 0 Å². The van der Waals surface area contributed by atoms with Crippen molar-refractivity contribution < 1.29 is 9.15 Å². The van der Waals surface area contributed by atoms with Crippen LogP contribution < -0.4 is 5.32 Å². The number of nitrogens with one attached hydrogen (secondary N) is 1. The van der Waals surface area contributed by atoms with E-state index in [4.69, 9.17) is 9.15 Å². The minimum Gasteiger partial charge on any atom is -0.463 e. The summed E-state index contributed by atoms with van der Waals surface area (Å²) in [6.45, 7) is 13.0. The largest absolute Gasteiger partial charge is 0.463 e. The molecule has 19 heavy (non-hydrogen) atoms. The summed E-state index contributed by atoms with van der Waals surface area (Å²) in [5, 5.41) is 3.44. The summed E-state index contributed by atoms with van der Waals surface area (Å²) in [6.07, 6.45) is 0. The SMILES string of the molecule is CC1COCCN1Cc1ccc(CNC(C)(C)C)o1. The van der Waals surface area contributed by atoms with E-state index in [-0.39, 0.29) is 5.54 Å². The number of hydrogen-bond donors (Lipinski definition) is 1. The molecular formula is C15H26N2O2.